The highest BCUT2D eigenvalue weighted by Crippen LogP contribution is 2.17. The molecule has 0 saturated heterocycles. The highest BCUT2D eigenvalue weighted by molar-refractivity contribution is 5.91. The van der Waals surface area contributed by atoms with Gasteiger partial charge in [0, 0.05) is 24.8 Å². The van der Waals surface area contributed by atoms with E-state index in [9.17, 15) is 14.4 Å². The summed E-state index contributed by atoms with van der Waals surface area (Å²) in [6.45, 7) is 4.02. The first-order chi connectivity index (χ1) is 16.4. The second-order valence-electron chi connectivity index (χ2n) is 7.94. The number of ether oxygens (including phenoxy) is 1. The highest BCUT2D eigenvalue weighted by atomic mass is 16.5. The van der Waals surface area contributed by atoms with Gasteiger partial charge in [-0.15, -0.1) is 0 Å². The van der Waals surface area contributed by atoms with Crippen LogP contribution in [0.5, 0.6) is 5.75 Å². The van der Waals surface area contributed by atoms with Crippen LogP contribution in [-0.4, -0.2) is 31.9 Å². The number of nitrogens with zero attached hydrogens (tertiary/aromatic N) is 4. The third-order valence-electron chi connectivity index (χ3n) is 5.70. The van der Waals surface area contributed by atoms with Crippen LogP contribution < -0.4 is 21.3 Å². The largest absolute Gasteiger partial charge is 0.497 e. The Morgan fingerprint density at radius 1 is 1.03 bits per heavy atom. The molecule has 1 N–H and O–H groups in total. The molecule has 2 heterocycles. The number of methoxy groups -OCH3 is 1. The van der Waals surface area contributed by atoms with E-state index in [1.165, 1.54) is 9.13 Å². The predicted molar refractivity (Wildman–Crippen MR) is 130 cm³/mol. The number of anilines is 1. The van der Waals surface area contributed by atoms with Crippen molar-refractivity contribution in [2.24, 2.45) is 0 Å². The first kappa shape index (κ1) is 23.0. The fraction of sp³-hybridized carbons (Fsp3) is 0.280. The Morgan fingerprint density at radius 3 is 2.50 bits per heavy atom. The lowest BCUT2D eigenvalue weighted by Crippen LogP contribution is -2.42. The average Bonchev–Trinajstić information content (AvgIpc) is 3.18. The van der Waals surface area contributed by atoms with Gasteiger partial charge in [-0.2, -0.15) is 5.10 Å². The van der Waals surface area contributed by atoms with E-state index in [2.05, 4.69) is 10.4 Å². The number of aromatic nitrogens is 4. The smallest absolute Gasteiger partial charge is 0.332 e. The quantitative estimate of drug-likeness (QED) is 0.435. The molecule has 9 heteroatoms. The second kappa shape index (κ2) is 9.78. The number of aryl methyl sites for hydroxylation is 3. The molecule has 0 saturated carbocycles. The van der Waals surface area contributed by atoms with Crippen LogP contribution in [0.2, 0.25) is 0 Å². The number of hydrogen-bond acceptors (Lipinski definition) is 5. The minimum atomic E-state index is -0.534. The van der Waals surface area contributed by atoms with Crippen molar-refractivity contribution in [3.8, 4) is 5.75 Å². The summed E-state index contributed by atoms with van der Waals surface area (Å²) in [5, 5.41) is 7.24. The number of hydrogen-bond donors (Lipinski definition) is 1. The van der Waals surface area contributed by atoms with Crippen molar-refractivity contribution in [3.05, 3.63) is 86.7 Å². The molecule has 0 atom stereocenters. The van der Waals surface area contributed by atoms with E-state index in [-0.39, 0.29) is 13.1 Å². The predicted octanol–water partition coefficient (Wildman–Crippen LogP) is 2.58. The molecular weight excluding hydrogens is 434 g/mol. The summed E-state index contributed by atoms with van der Waals surface area (Å²) >= 11 is 0. The molecule has 4 rings (SSSR count). The maximum atomic E-state index is 13.5. The second-order valence-corrected chi connectivity index (χ2v) is 7.94. The number of carbonyl (C=O) groups is 1. The van der Waals surface area contributed by atoms with E-state index in [0.717, 1.165) is 5.56 Å². The van der Waals surface area contributed by atoms with Gasteiger partial charge in [-0.3, -0.25) is 23.4 Å². The maximum absolute atomic E-state index is 13.5. The van der Waals surface area contributed by atoms with E-state index in [1.807, 2.05) is 37.3 Å². The van der Waals surface area contributed by atoms with Gasteiger partial charge in [0.1, 0.15) is 17.8 Å². The number of carbonyl (C=O) groups excluding carboxylic acids is 1. The molecule has 4 aromatic rings. The van der Waals surface area contributed by atoms with Crippen molar-refractivity contribution in [3.63, 3.8) is 0 Å². The molecule has 0 unspecified atom stereocenters. The Hall–Kier alpha value is -4.14. The molecular formula is C25H27N5O4. The van der Waals surface area contributed by atoms with Gasteiger partial charge in [0.15, 0.2) is 5.52 Å². The number of amides is 1. The summed E-state index contributed by atoms with van der Waals surface area (Å²) in [7, 11) is 1.55. The summed E-state index contributed by atoms with van der Waals surface area (Å²) < 4.78 is 9.32. The third kappa shape index (κ3) is 4.50. The van der Waals surface area contributed by atoms with Crippen LogP contribution in [0.25, 0.3) is 11.0 Å². The minimum absolute atomic E-state index is 0.197. The van der Waals surface area contributed by atoms with Gasteiger partial charge >= 0.3 is 5.69 Å². The average molecular weight is 462 g/mol. The van der Waals surface area contributed by atoms with E-state index in [1.54, 1.807) is 43.0 Å². The van der Waals surface area contributed by atoms with Gasteiger partial charge in [0.05, 0.1) is 12.8 Å². The van der Waals surface area contributed by atoms with Gasteiger partial charge in [-0.05, 0) is 38.0 Å². The molecule has 0 radical (unpaired) electrons. The maximum Gasteiger partial charge on any atom is 0.332 e. The Labute approximate surface area is 196 Å². The molecule has 0 aliphatic carbocycles. The molecule has 0 spiro atoms. The van der Waals surface area contributed by atoms with Crippen LogP contribution in [0.1, 0.15) is 18.2 Å². The molecule has 1 amide bonds. The van der Waals surface area contributed by atoms with Crippen molar-refractivity contribution >= 4 is 22.6 Å². The van der Waals surface area contributed by atoms with Crippen LogP contribution in [-0.2, 0) is 30.8 Å². The number of fused-ring (bicyclic) bond motifs is 1. The van der Waals surface area contributed by atoms with Crippen LogP contribution >= 0.6 is 0 Å². The fourth-order valence-electron chi connectivity index (χ4n) is 4.07. The Morgan fingerprint density at radius 2 is 1.79 bits per heavy atom. The van der Waals surface area contributed by atoms with Gasteiger partial charge in [-0.1, -0.05) is 36.4 Å². The Balaban J connectivity index is 1.75. The van der Waals surface area contributed by atoms with Crippen molar-refractivity contribution < 1.29 is 9.53 Å². The summed E-state index contributed by atoms with van der Waals surface area (Å²) in [6.07, 6.45) is 0.511. The zero-order valence-corrected chi connectivity index (χ0v) is 19.4. The van der Waals surface area contributed by atoms with E-state index in [4.69, 9.17) is 4.74 Å². The molecule has 0 fully saturated rings. The van der Waals surface area contributed by atoms with Gasteiger partial charge in [0.25, 0.3) is 5.56 Å². The number of benzene rings is 2. The molecule has 0 aliphatic rings. The van der Waals surface area contributed by atoms with Crippen molar-refractivity contribution in [2.45, 2.75) is 39.9 Å². The first-order valence-electron chi connectivity index (χ1n) is 11.1. The van der Waals surface area contributed by atoms with Crippen LogP contribution in [0.3, 0.4) is 0 Å². The van der Waals surface area contributed by atoms with Crippen molar-refractivity contribution in [1.29, 1.82) is 0 Å². The molecule has 0 bridgehead atoms. The van der Waals surface area contributed by atoms with E-state index >= 15 is 0 Å². The lowest BCUT2D eigenvalue weighted by Gasteiger charge is -2.13. The number of nitrogens with one attached hydrogen (secondary N) is 1. The summed E-state index contributed by atoms with van der Waals surface area (Å²) in [6, 6.07) is 16.6. The molecule has 176 valence electrons. The van der Waals surface area contributed by atoms with Gasteiger partial charge in [0.2, 0.25) is 5.91 Å². The number of rotatable bonds is 8. The summed E-state index contributed by atoms with van der Waals surface area (Å²) in [5.74, 6) is 0.209. The van der Waals surface area contributed by atoms with Crippen LogP contribution in [0.15, 0.2) is 64.2 Å². The van der Waals surface area contributed by atoms with Crippen LogP contribution in [0, 0.1) is 6.92 Å². The SMILES string of the molecule is CCn1nc(C)c2c1c(=O)n(CCc1ccccc1)c(=O)n2CC(=O)Nc1cccc(OC)c1. The Kier molecular flexibility index (Phi) is 6.62. The highest BCUT2D eigenvalue weighted by Gasteiger charge is 2.21. The zero-order valence-electron chi connectivity index (χ0n) is 19.4. The monoisotopic (exact) mass is 461 g/mol. The molecule has 0 aliphatic heterocycles. The van der Waals surface area contributed by atoms with E-state index in [0.29, 0.717) is 41.1 Å². The first-order valence-corrected chi connectivity index (χ1v) is 11.1. The fourth-order valence-corrected chi connectivity index (χ4v) is 4.07. The zero-order chi connectivity index (χ0) is 24.2. The topological polar surface area (TPSA) is 100 Å². The van der Waals surface area contributed by atoms with Gasteiger partial charge in [-0.25, -0.2) is 4.79 Å². The normalized spacial score (nSPS) is 11.0. The minimum Gasteiger partial charge on any atom is -0.497 e. The van der Waals surface area contributed by atoms with Gasteiger partial charge < -0.3 is 10.1 Å². The Bertz CT molecular complexity index is 1450. The third-order valence-corrected chi connectivity index (χ3v) is 5.70. The summed E-state index contributed by atoms with van der Waals surface area (Å²) in [5.41, 5.74) is 1.85. The lowest BCUT2D eigenvalue weighted by molar-refractivity contribution is -0.116. The molecule has 34 heavy (non-hydrogen) atoms. The standard InChI is InChI=1S/C25H27N5O4/c1-4-30-23-22(17(2)27-30)29(16-21(31)26-19-11-8-12-20(15-19)34-3)25(33)28(24(23)32)14-13-18-9-6-5-7-10-18/h5-12,15H,4,13-14,16H2,1-3H3,(H,26,31). The lowest BCUT2D eigenvalue weighted by atomic mass is 10.1. The van der Waals surface area contributed by atoms with Crippen molar-refractivity contribution in [1.82, 2.24) is 18.9 Å². The molecule has 2 aromatic heterocycles. The van der Waals surface area contributed by atoms with E-state index < -0.39 is 17.2 Å². The van der Waals surface area contributed by atoms with Crippen molar-refractivity contribution in [2.75, 3.05) is 12.4 Å². The summed E-state index contributed by atoms with van der Waals surface area (Å²) in [4.78, 5) is 39.7. The van der Waals surface area contributed by atoms with Crippen LogP contribution in [0.4, 0.5) is 5.69 Å². The molecule has 2 aromatic carbocycles. The molecule has 9 nitrogen and oxygen atoms in total.